The zero-order valence-electron chi connectivity index (χ0n) is 10.6. The Hall–Kier alpha value is -1.42. The van der Waals surface area contributed by atoms with Gasteiger partial charge in [0.15, 0.2) is 0 Å². The van der Waals surface area contributed by atoms with Gasteiger partial charge in [-0.3, -0.25) is 4.79 Å². The lowest BCUT2D eigenvalue weighted by Crippen LogP contribution is -2.40. The number of nitrogens with one attached hydrogen (secondary N) is 1. The summed E-state index contributed by atoms with van der Waals surface area (Å²) >= 11 is 0. The van der Waals surface area contributed by atoms with Crippen LogP contribution in [0.5, 0.6) is 0 Å². The van der Waals surface area contributed by atoms with E-state index < -0.39 is 5.41 Å². The summed E-state index contributed by atoms with van der Waals surface area (Å²) < 4.78 is 13.0. The zero-order valence-corrected chi connectivity index (χ0v) is 10.6. The summed E-state index contributed by atoms with van der Waals surface area (Å²) in [5, 5.41) is 2.89. The second-order valence-corrected chi connectivity index (χ2v) is 5.10. The molecule has 0 spiro atoms. The molecule has 1 aromatic carbocycles. The van der Waals surface area contributed by atoms with Gasteiger partial charge < -0.3 is 11.1 Å². The van der Waals surface area contributed by atoms with Crippen molar-refractivity contribution in [1.82, 2.24) is 0 Å². The summed E-state index contributed by atoms with van der Waals surface area (Å²) in [5.41, 5.74) is 6.73. The van der Waals surface area contributed by atoms with Crippen LogP contribution in [0.3, 0.4) is 0 Å². The van der Waals surface area contributed by atoms with Crippen molar-refractivity contribution in [1.29, 1.82) is 0 Å². The Bertz CT molecular complexity index is 453. The molecule has 1 aliphatic rings. The van der Waals surface area contributed by atoms with Crippen LogP contribution >= 0.6 is 0 Å². The highest BCUT2D eigenvalue weighted by Crippen LogP contribution is 2.38. The molecule has 18 heavy (non-hydrogen) atoms. The Balaban J connectivity index is 2.15. The molecule has 3 N–H and O–H groups in total. The number of amides is 1. The average molecular weight is 250 g/mol. The van der Waals surface area contributed by atoms with Gasteiger partial charge in [-0.05, 0) is 43.5 Å². The second kappa shape index (κ2) is 5.06. The van der Waals surface area contributed by atoms with E-state index in [0.29, 0.717) is 12.2 Å². The highest BCUT2D eigenvalue weighted by molar-refractivity contribution is 5.96. The number of hydrogen-bond acceptors (Lipinski definition) is 2. The number of aryl methyl sites for hydroxylation is 1. The van der Waals surface area contributed by atoms with E-state index in [1.165, 1.54) is 12.1 Å². The molecule has 0 unspecified atom stereocenters. The van der Waals surface area contributed by atoms with Crippen LogP contribution in [0.4, 0.5) is 10.1 Å². The van der Waals surface area contributed by atoms with Crippen molar-refractivity contribution in [2.45, 2.75) is 32.6 Å². The summed E-state index contributed by atoms with van der Waals surface area (Å²) in [6.07, 6.45) is 3.78. The summed E-state index contributed by atoms with van der Waals surface area (Å²) in [6.45, 7) is 2.15. The summed E-state index contributed by atoms with van der Waals surface area (Å²) in [6, 6.07) is 4.37. The van der Waals surface area contributed by atoms with E-state index in [0.717, 1.165) is 31.2 Å². The molecule has 3 nitrogen and oxygen atoms in total. The highest BCUT2D eigenvalue weighted by atomic mass is 19.1. The minimum atomic E-state index is -0.430. The van der Waals surface area contributed by atoms with Crippen molar-refractivity contribution in [3.63, 3.8) is 0 Å². The molecule has 0 heterocycles. The number of carbonyl (C=O) groups is 1. The smallest absolute Gasteiger partial charge is 0.231 e. The number of benzene rings is 1. The van der Waals surface area contributed by atoms with Crippen LogP contribution in [0.25, 0.3) is 0 Å². The maximum atomic E-state index is 13.0. The fraction of sp³-hybridized carbons (Fsp3) is 0.500. The van der Waals surface area contributed by atoms with Gasteiger partial charge in [0.1, 0.15) is 5.82 Å². The van der Waals surface area contributed by atoms with E-state index >= 15 is 0 Å². The average Bonchev–Trinajstić information content (AvgIpc) is 2.82. The number of anilines is 1. The van der Waals surface area contributed by atoms with Gasteiger partial charge in [-0.25, -0.2) is 4.39 Å². The topological polar surface area (TPSA) is 55.1 Å². The second-order valence-electron chi connectivity index (χ2n) is 5.10. The first-order valence-electron chi connectivity index (χ1n) is 6.35. The predicted molar refractivity (Wildman–Crippen MR) is 69.7 cm³/mol. The minimum Gasteiger partial charge on any atom is -0.329 e. The predicted octanol–water partition coefficient (Wildman–Crippen LogP) is 2.59. The van der Waals surface area contributed by atoms with Gasteiger partial charge >= 0.3 is 0 Å². The van der Waals surface area contributed by atoms with E-state index in [-0.39, 0.29) is 11.7 Å². The molecular formula is C14H19FN2O. The van der Waals surface area contributed by atoms with E-state index in [9.17, 15) is 9.18 Å². The number of nitrogens with two attached hydrogens (primary N) is 1. The third kappa shape index (κ3) is 2.38. The molecule has 1 saturated carbocycles. The van der Waals surface area contributed by atoms with Gasteiger partial charge in [0.05, 0.1) is 5.41 Å². The van der Waals surface area contributed by atoms with Gasteiger partial charge in [-0.1, -0.05) is 12.8 Å². The largest absolute Gasteiger partial charge is 0.329 e. The number of carbonyl (C=O) groups excluding carboxylic acids is 1. The Morgan fingerprint density at radius 3 is 2.67 bits per heavy atom. The number of hydrogen-bond donors (Lipinski definition) is 2. The Kier molecular flexibility index (Phi) is 3.66. The lowest BCUT2D eigenvalue weighted by atomic mass is 9.85. The molecule has 0 aromatic heterocycles. The monoisotopic (exact) mass is 250 g/mol. The van der Waals surface area contributed by atoms with Crippen LogP contribution in [0.15, 0.2) is 18.2 Å². The van der Waals surface area contributed by atoms with Crippen molar-refractivity contribution in [2.75, 3.05) is 11.9 Å². The molecule has 1 aliphatic carbocycles. The van der Waals surface area contributed by atoms with Crippen molar-refractivity contribution in [2.24, 2.45) is 11.1 Å². The van der Waals surface area contributed by atoms with E-state index in [1.807, 2.05) is 0 Å². The van der Waals surface area contributed by atoms with Crippen LogP contribution in [0, 0.1) is 18.2 Å². The Morgan fingerprint density at radius 1 is 1.44 bits per heavy atom. The maximum Gasteiger partial charge on any atom is 0.231 e. The molecular weight excluding hydrogens is 231 g/mol. The first-order chi connectivity index (χ1) is 8.57. The molecule has 4 heteroatoms. The Labute approximate surface area is 107 Å². The first kappa shape index (κ1) is 13.0. The fourth-order valence-corrected chi connectivity index (χ4v) is 2.60. The lowest BCUT2D eigenvalue weighted by Gasteiger charge is -2.26. The van der Waals surface area contributed by atoms with Crippen LogP contribution in [-0.2, 0) is 4.79 Å². The highest BCUT2D eigenvalue weighted by Gasteiger charge is 2.39. The lowest BCUT2D eigenvalue weighted by molar-refractivity contribution is -0.124. The van der Waals surface area contributed by atoms with Crippen LogP contribution in [0.1, 0.15) is 31.2 Å². The van der Waals surface area contributed by atoms with E-state index in [2.05, 4.69) is 5.32 Å². The summed E-state index contributed by atoms with van der Waals surface area (Å²) in [7, 11) is 0. The van der Waals surface area contributed by atoms with Crippen LogP contribution in [0.2, 0.25) is 0 Å². The molecule has 1 fully saturated rings. The molecule has 0 aliphatic heterocycles. The molecule has 0 saturated heterocycles. The molecule has 98 valence electrons. The maximum absolute atomic E-state index is 13.0. The number of rotatable bonds is 3. The normalized spacial score (nSPS) is 17.7. The summed E-state index contributed by atoms with van der Waals surface area (Å²) in [4.78, 5) is 12.3. The molecule has 1 aromatic rings. The third-order valence-corrected chi connectivity index (χ3v) is 3.87. The van der Waals surface area contributed by atoms with Crippen molar-refractivity contribution in [3.8, 4) is 0 Å². The molecule has 2 rings (SSSR count). The molecule has 0 radical (unpaired) electrons. The van der Waals surface area contributed by atoms with E-state index in [4.69, 9.17) is 5.73 Å². The zero-order chi connectivity index (χ0) is 13.2. The third-order valence-electron chi connectivity index (χ3n) is 3.87. The van der Waals surface area contributed by atoms with Crippen molar-refractivity contribution < 1.29 is 9.18 Å². The van der Waals surface area contributed by atoms with Gasteiger partial charge in [-0.2, -0.15) is 0 Å². The molecule has 0 atom stereocenters. The van der Waals surface area contributed by atoms with Gasteiger partial charge in [0.2, 0.25) is 5.91 Å². The van der Waals surface area contributed by atoms with E-state index in [1.54, 1.807) is 13.0 Å². The quantitative estimate of drug-likeness (QED) is 0.866. The van der Waals surface area contributed by atoms with Crippen LogP contribution < -0.4 is 11.1 Å². The van der Waals surface area contributed by atoms with Crippen molar-refractivity contribution in [3.05, 3.63) is 29.6 Å². The van der Waals surface area contributed by atoms with Gasteiger partial charge in [0, 0.05) is 12.2 Å². The minimum absolute atomic E-state index is 0.0304. The van der Waals surface area contributed by atoms with Gasteiger partial charge in [0.25, 0.3) is 0 Å². The molecule has 0 bridgehead atoms. The Morgan fingerprint density at radius 2 is 2.11 bits per heavy atom. The first-order valence-corrected chi connectivity index (χ1v) is 6.35. The number of halogens is 1. The van der Waals surface area contributed by atoms with Gasteiger partial charge in [-0.15, -0.1) is 0 Å². The SMILES string of the molecule is Cc1cc(F)ccc1NC(=O)C1(CN)CCCC1. The molecule has 1 amide bonds. The summed E-state index contributed by atoms with van der Waals surface area (Å²) in [5.74, 6) is -0.322. The van der Waals surface area contributed by atoms with Crippen LogP contribution in [-0.4, -0.2) is 12.5 Å². The standard InChI is InChI=1S/C14H19FN2O/c1-10-8-11(15)4-5-12(10)17-13(18)14(9-16)6-2-3-7-14/h4-5,8H,2-3,6-7,9,16H2,1H3,(H,17,18). The fourth-order valence-electron chi connectivity index (χ4n) is 2.60. The van der Waals surface area contributed by atoms with Crippen molar-refractivity contribution >= 4 is 11.6 Å².